The van der Waals surface area contributed by atoms with E-state index in [9.17, 15) is 22.8 Å². The van der Waals surface area contributed by atoms with Crippen LogP contribution in [-0.4, -0.2) is 25.1 Å². The second-order valence-electron chi connectivity index (χ2n) is 5.60. The maximum Gasteiger partial charge on any atom is 0.416 e. The summed E-state index contributed by atoms with van der Waals surface area (Å²) in [6, 6.07) is 10.6. The Labute approximate surface area is 164 Å². The minimum Gasteiger partial charge on any atom is -0.446 e. The molecule has 1 amide bonds. The van der Waals surface area contributed by atoms with Gasteiger partial charge in [0, 0.05) is 12.2 Å². The molecule has 1 atom stereocenters. The predicted molar refractivity (Wildman–Crippen MR) is 96.9 cm³/mol. The van der Waals surface area contributed by atoms with Gasteiger partial charge in [0.05, 0.1) is 16.3 Å². The molecule has 0 heterocycles. The van der Waals surface area contributed by atoms with Crippen molar-refractivity contribution in [3.05, 3.63) is 64.7 Å². The molecule has 0 saturated heterocycles. The van der Waals surface area contributed by atoms with Crippen molar-refractivity contribution in [3.63, 3.8) is 0 Å². The van der Waals surface area contributed by atoms with Crippen molar-refractivity contribution in [2.45, 2.75) is 19.2 Å². The van der Waals surface area contributed by atoms with E-state index < -0.39 is 29.7 Å². The molecular weight excluding hydrogens is 399 g/mol. The van der Waals surface area contributed by atoms with Crippen molar-refractivity contribution in [2.24, 2.45) is 0 Å². The van der Waals surface area contributed by atoms with E-state index in [1.165, 1.54) is 0 Å². The summed E-state index contributed by atoms with van der Waals surface area (Å²) in [5.41, 5.74) is -0.881. The topological polar surface area (TPSA) is 64.6 Å². The summed E-state index contributed by atoms with van der Waals surface area (Å²) < 4.78 is 48.9. The molecule has 0 unspecified atom stereocenters. The zero-order chi connectivity index (χ0) is 20.7. The highest BCUT2D eigenvalue weighted by molar-refractivity contribution is 6.33. The van der Waals surface area contributed by atoms with E-state index in [-0.39, 0.29) is 23.9 Å². The van der Waals surface area contributed by atoms with Crippen LogP contribution < -0.4 is 5.32 Å². The summed E-state index contributed by atoms with van der Waals surface area (Å²) in [4.78, 5) is 24.6. The highest BCUT2D eigenvalue weighted by Crippen LogP contribution is 2.34. The van der Waals surface area contributed by atoms with E-state index in [4.69, 9.17) is 21.1 Å². The fourth-order valence-corrected chi connectivity index (χ4v) is 2.41. The van der Waals surface area contributed by atoms with E-state index in [0.29, 0.717) is 11.6 Å². The first-order valence-electron chi connectivity index (χ1n) is 8.22. The molecule has 1 N–H and O–H groups in total. The number of anilines is 1. The van der Waals surface area contributed by atoms with Gasteiger partial charge in [-0.3, -0.25) is 4.79 Å². The molecule has 0 fully saturated rings. The molecule has 2 aromatic carbocycles. The van der Waals surface area contributed by atoms with E-state index in [1.54, 1.807) is 37.3 Å². The molecular formula is C19H17ClF3NO4. The number of carbonyl (C=O) groups is 2. The molecule has 9 heteroatoms. The molecule has 0 spiro atoms. The van der Waals surface area contributed by atoms with Gasteiger partial charge in [0.1, 0.15) is 6.61 Å². The Bertz CT molecular complexity index is 828. The lowest BCUT2D eigenvalue weighted by Crippen LogP contribution is -2.27. The van der Waals surface area contributed by atoms with Crippen LogP contribution in [0.1, 0.15) is 24.2 Å². The van der Waals surface area contributed by atoms with E-state index in [0.717, 1.165) is 12.1 Å². The van der Waals surface area contributed by atoms with E-state index >= 15 is 0 Å². The Hall–Kier alpha value is -2.58. The number of nitrogens with one attached hydrogen (secondary N) is 1. The lowest BCUT2D eigenvalue weighted by atomic mass is 10.1. The van der Waals surface area contributed by atoms with Crippen LogP contribution in [0.15, 0.2) is 48.5 Å². The average Bonchev–Trinajstić information content (AvgIpc) is 2.65. The minimum absolute atomic E-state index is 0.0891. The number of benzene rings is 2. The second-order valence-corrected chi connectivity index (χ2v) is 6.01. The van der Waals surface area contributed by atoms with Gasteiger partial charge < -0.3 is 14.8 Å². The standard InChI is InChI=1S/C19H17ClF3NO4/c1-2-27-11-16(25)28-17(12-6-4-3-5-7-12)18(26)24-15-10-13(19(21,22)23)8-9-14(15)20/h3-10,17H,2,11H2,1H3,(H,24,26)/t17-/m0/s1. The fraction of sp³-hybridized carbons (Fsp3) is 0.263. The molecule has 5 nitrogen and oxygen atoms in total. The Morgan fingerprint density at radius 2 is 1.82 bits per heavy atom. The molecule has 2 rings (SSSR count). The molecule has 0 aromatic heterocycles. The number of rotatable bonds is 7. The third-order valence-electron chi connectivity index (χ3n) is 3.57. The van der Waals surface area contributed by atoms with Crippen molar-refractivity contribution >= 4 is 29.2 Å². The van der Waals surface area contributed by atoms with E-state index in [1.807, 2.05) is 0 Å². The predicted octanol–water partition coefficient (Wildman–Crippen LogP) is 4.62. The van der Waals surface area contributed by atoms with Crippen molar-refractivity contribution in [1.82, 2.24) is 0 Å². The Morgan fingerprint density at radius 3 is 2.43 bits per heavy atom. The number of hydrogen-bond acceptors (Lipinski definition) is 4. The summed E-state index contributed by atoms with van der Waals surface area (Å²) in [5, 5.41) is 2.20. The zero-order valence-electron chi connectivity index (χ0n) is 14.8. The van der Waals surface area contributed by atoms with Gasteiger partial charge >= 0.3 is 12.1 Å². The average molecular weight is 416 g/mol. The highest BCUT2D eigenvalue weighted by atomic mass is 35.5. The Morgan fingerprint density at radius 1 is 1.14 bits per heavy atom. The largest absolute Gasteiger partial charge is 0.446 e. The molecule has 0 radical (unpaired) electrons. The maximum absolute atomic E-state index is 12.9. The summed E-state index contributed by atoms with van der Waals surface area (Å²) in [6.07, 6.45) is -5.99. The van der Waals surface area contributed by atoms with Crippen molar-refractivity contribution in [1.29, 1.82) is 0 Å². The molecule has 0 aliphatic rings. The minimum atomic E-state index is -4.60. The van der Waals surface area contributed by atoms with Crippen LogP contribution in [0.3, 0.4) is 0 Å². The highest BCUT2D eigenvalue weighted by Gasteiger charge is 2.32. The molecule has 0 saturated carbocycles. The van der Waals surface area contributed by atoms with E-state index in [2.05, 4.69) is 5.32 Å². The number of hydrogen-bond donors (Lipinski definition) is 1. The quantitative estimate of drug-likeness (QED) is 0.670. The van der Waals surface area contributed by atoms with Gasteiger partial charge in [0.25, 0.3) is 5.91 Å². The summed E-state index contributed by atoms with van der Waals surface area (Å²) in [7, 11) is 0. The van der Waals surface area contributed by atoms with Crippen LogP contribution in [-0.2, 0) is 25.2 Å². The van der Waals surface area contributed by atoms with Crippen molar-refractivity contribution in [3.8, 4) is 0 Å². The van der Waals surface area contributed by atoms with Gasteiger partial charge in [-0.15, -0.1) is 0 Å². The number of halogens is 4. The van der Waals surface area contributed by atoms with Crippen LogP contribution in [0.2, 0.25) is 5.02 Å². The van der Waals surface area contributed by atoms with Crippen molar-refractivity contribution in [2.75, 3.05) is 18.5 Å². The van der Waals surface area contributed by atoms with Crippen LogP contribution in [0.5, 0.6) is 0 Å². The van der Waals surface area contributed by atoms with Crippen LogP contribution in [0, 0.1) is 0 Å². The molecule has 0 aliphatic carbocycles. The first-order valence-corrected chi connectivity index (χ1v) is 8.60. The van der Waals surface area contributed by atoms with Gasteiger partial charge in [0.15, 0.2) is 0 Å². The second kappa shape index (κ2) is 9.57. The van der Waals surface area contributed by atoms with Crippen molar-refractivity contribution < 1.29 is 32.2 Å². The van der Waals surface area contributed by atoms with Crippen LogP contribution >= 0.6 is 11.6 Å². The summed E-state index contributed by atoms with van der Waals surface area (Å²) in [5.74, 6) is -1.64. The third-order valence-corrected chi connectivity index (χ3v) is 3.89. The molecule has 150 valence electrons. The first-order chi connectivity index (χ1) is 13.2. The molecule has 0 aliphatic heterocycles. The Balaban J connectivity index is 2.26. The number of carbonyl (C=O) groups excluding carboxylic acids is 2. The SMILES string of the molecule is CCOCC(=O)O[C@H](C(=O)Nc1cc(C(F)(F)F)ccc1Cl)c1ccccc1. The van der Waals surface area contributed by atoms with Crippen LogP contribution in [0.25, 0.3) is 0 Å². The third kappa shape index (κ3) is 5.97. The number of amides is 1. The zero-order valence-corrected chi connectivity index (χ0v) is 15.5. The van der Waals surface area contributed by atoms with Gasteiger partial charge in [-0.2, -0.15) is 13.2 Å². The smallest absolute Gasteiger partial charge is 0.416 e. The summed E-state index contributed by atoms with van der Waals surface area (Å²) >= 11 is 5.91. The number of ether oxygens (including phenoxy) is 2. The molecule has 0 bridgehead atoms. The number of esters is 1. The van der Waals surface area contributed by atoms with Gasteiger partial charge in [0.2, 0.25) is 6.10 Å². The first kappa shape index (κ1) is 21.7. The maximum atomic E-state index is 12.9. The fourth-order valence-electron chi connectivity index (χ4n) is 2.25. The monoisotopic (exact) mass is 415 g/mol. The Kier molecular flexibility index (Phi) is 7.42. The lowest BCUT2D eigenvalue weighted by molar-refractivity contribution is -0.159. The summed E-state index contributed by atoms with van der Waals surface area (Å²) in [6.45, 7) is 1.60. The normalized spacial score (nSPS) is 12.3. The lowest BCUT2D eigenvalue weighted by Gasteiger charge is -2.19. The molecule has 28 heavy (non-hydrogen) atoms. The van der Waals surface area contributed by atoms with Gasteiger partial charge in [-0.1, -0.05) is 41.9 Å². The number of alkyl halides is 3. The van der Waals surface area contributed by atoms with Gasteiger partial charge in [-0.05, 0) is 25.1 Å². The molecule has 2 aromatic rings. The van der Waals surface area contributed by atoms with Gasteiger partial charge in [-0.25, -0.2) is 4.79 Å². The van der Waals surface area contributed by atoms with Crippen LogP contribution in [0.4, 0.5) is 18.9 Å².